The number of fused-ring (bicyclic) bond motifs is 1. The van der Waals surface area contributed by atoms with E-state index in [4.69, 9.17) is 4.74 Å². The van der Waals surface area contributed by atoms with Gasteiger partial charge in [-0.15, -0.1) is 0 Å². The smallest absolute Gasteiger partial charge is 0.277 e. The van der Waals surface area contributed by atoms with Gasteiger partial charge in [0.15, 0.2) is 6.61 Å². The molecule has 1 aromatic heterocycles. The molecular weight excluding hydrogens is 294 g/mol. The van der Waals surface area contributed by atoms with Crippen LogP contribution in [0.25, 0.3) is 10.9 Å². The third kappa shape index (κ3) is 5.34. The molecule has 2 N–H and O–H groups in total. The van der Waals surface area contributed by atoms with Crippen LogP contribution in [0, 0.1) is 0 Å². The number of para-hydroxylation sites is 1. The predicted molar refractivity (Wildman–Crippen MR) is 89.4 cm³/mol. The van der Waals surface area contributed by atoms with E-state index in [2.05, 4.69) is 15.5 Å². The van der Waals surface area contributed by atoms with E-state index in [1.54, 1.807) is 33.0 Å². The van der Waals surface area contributed by atoms with E-state index < -0.39 is 5.60 Å². The lowest BCUT2D eigenvalue weighted by Gasteiger charge is -2.16. The predicted octanol–water partition coefficient (Wildman–Crippen LogP) is 2.27. The molecule has 23 heavy (non-hydrogen) atoms. The molecule has 0 bridgehead atoms. The van der Waals surface area contributed by atoms with E-state index in [-0.39, 0.29) is 12.5 Å². The third-order valence-corrected chi connectivity index (χ3v) is 3.01. The SMILES string of the molecule is C/C(CC(C)(C)O)=N/NC(=O)COc1cccc2cccnc12. The molecule has 1 aromatic carbocycles. The monoisotopic (exact) mass is 315 g/mol. The summed E-state index contributed by atoms with van der Waals surface area (Å²) in [5.41, 5.74) is 2.91. The molecule has 0 aliphatic heterocycles. The minimum atomic E-state index is -0.858. The van der Waals surface area contributed by atoms with Crippen molar-refractivity contribution in [3.8, 4) is 5.75 Å². The van der Waals surface area contributed by atoms with Gasteiger partial charge in [-0.3, -0.25) is 9.78 Å². The highest BCUT2D eigenvalue weighted by atomic mass is 16.5. The van der Waals surface area contributed by atoms with Crippen molar-refractivity contribution in [3.63, 3.8) is 0 Å². The zero-order valence-corrected chi connectivity index (χ0v) is 13.5. The van der Waals surface area contributed by atoms with Crippen LogP contribution in [0.3, 0.4) is 0 Å². The molecule has 0 atom stereocenters. The second-order valence-corrected chi connectivity index (χ2v) is 5.99. The number of benzene rings is 1. The standard InChI is InChI=1S/C17H21N3O3/c1-12(10-17(2,3)22)19-20-15(21)11-23-14-8-4-6-13-7-5-9-18-16(13)14/h4-9,22H,10-11H2,1-3H3,(H,20,21)/b19-12-. The van der Waals surface area contributed by atoms with Gasteiger partial charge in [0.25, 0.3) is 5.91 Å². The number of hydrogen-bond acceptors (Lipinski definition) is 5. The first-order valence-electron chi connectivity index (χ1n) is 7.36. The van der Waals surface area contributed by atoms with Crippen LogP contribution >= 0.6 is 0 Å². The minimum Gasteiger partial charge on any atom is -0.481 e. The van der Waals surface area contributed by atoms with Crippen molar-refractivity contribution in [1.82, 2.24) is 10.4 Å². The maximum Gasteiger partial charge on any atom is 0.277 e. The number of carbonyl (C=O) groups excluding carboxylic acids is 1. The summed E-state index contributed by atoms with van der Waals surface area (Å²) in [5.74, 6) is 0.184. The second kappa shape index (κ2) is 7.19. The first-order chi connectivity index (χ1) is 10.8. The number of aliphatic hydroxyl groups is 1. The first kappa shape index (κ1) is 16.9. The number of ether oxygens (including phenoxy) is 1. The molecular formula is C17H21N3O3. The fourth-order valence-electron chi connectivity index (χ4n) is 2.19. The lowest BCUT2D eigenvalue weighted by molar-refractivity contribution is -0.123. The number of hydrogen-bond donors (Lipinski definition) is 2. The quantitative estimate of drug-likeness (QED) is 0.632. The topological polar surface area (TPSA) is 83.8 Å². The van der Waals surface area contributed by atoms with Gasteiger partial charge in [0.05, 0.1) is 5.60 Å². The van der Waals surface area contributed by atoms with E-state index in [0.717, 1.165) is 5.39 Å². The van der Waals surface area contributed by atoms with Gasteiger partial charge in [0, 0.05) is 23.7 Å². The molecule has 0 saturated carbocycles. The number of rotatable bonds is 6. The molecule has 0 fully saturated rings. The molecule has 0 aliphatic rings. The molecule has 2 rings (SSSR count). The van der Waals surface area contributed by atoms with Crippen molar-refractivity contribution in [1.29, 1.82) is 0 Å². The van der Waals surface area contributed by atoms with Crippen molar-refractivity contribution in [2.45, 2.75) is 32.8 Å². The number of carbonyl (C=O) groups is 1. The molecule has 122 valence electrons. The lowest BCUT2D eigenvalue weighted by Crippen LogP contribution is -2.28. The second-order valence-electron chi connectivity index (χ2n) is 5.99. The Bertz CT molecular complexity index is 715. The van der Waals surface area contributed by atoms with Gasteiger partial charge >= 0.3 is 0 Å². The highest BCUT2D eigenvalue weighted by Crippen LogP contribution is 2.22. The van der Waals surface area contributed by atoms with Crippen molar-refractivity contribution in [2.24, 2.45) is 5.10 Å². The van der Waals surface area contributed by atoms with Gasteiger partial charge in [0.2, 0.25) is 0 Å². The maximum absolute atomic E-state index is 11.8. The van der Waals surface area contributed by atoms with Crippen molar-refractivity contribution in [2.75, 3.05) is 6.61 Å². The highest BCUT2D eigenvalue weighted by Gasteiger charge is 2.14. The number of nitrogens with zero attached hydrogens (tertiary/aromatic N) is 2. The Morgan fingerprint density at radius 1 is 1.35 bits per heavy atom. The Kier molecular flexibility index (Phi) is 5.28. The average molecular weight is 315 g/mol. The average Bonchev–Trinajstić information content (AvgIpc) is 2.49. The van der Waals surface area contributed by atoms with Crippen LogP contribution in [0.1, 0.15) is 27.2 Å². The molecule has 0 unspecified atom stereocenters. The summed E-state index contributed by atoms with van der Waals surface area (Å²) >= 11 is 0. The number of hydrazone groups is 1. The van der Waals surface area contributed by atoms with Crippen molar-refractivity contribution >= 4 is 22.5 Å². The van der Waals surface area contributed by atoms with E-state index in [1.807, 2.05) is 24.3 Å². The third-order valence-electron chi connectivity index (χ3n) is 3.01. The zero-order valence-electron chi connectivity index (χ0n) is 13.5. The zero-order chi connectivity index (χ0) is 16.9. The Labute approximate surface area is 135 Å². The summed E-state index contributed by atoms with van der Waals surface area (Å²) in [6, 6.07) is 9.33. The van der Waals surface area contributed by atoms with Crippen LogP contribution in [0.5, 0.6) is 5.75 Å². The Hall–Kier alpha value is -2.47. The summed E-state index contributed by atoms with van der Waals surface area (Å²) in [6.45, 7) is 4.96. The summed E-state index contributed by atoms with van der Waals surface area (Å²) in [5, 5.41) is 14.6. The minimum absolute atomic E-state index is 0.158. The normalized spacial score (nSPS) is 12.3. The van der Waals surface area contributed by atoms with Crippen LogP contribution in [0.2, 0.25) is 0 Å². The lowest BCUT2D eigenvalue weighted by atomic mass is 10.0. The Balaban J connectivity index is 1.93. The fraction of sp³-hybridized carbons (Fsp3) is 0.353. The molecule has 0 saturated heterocycles. The van der Waals surface area contributed by atoms with Crippen LogP contribution in [-0.2, 0) is 4.79 Å². The number of aromatic nitrogens is 1. The molecule has 1 heterocycles. The summed E-state index contributed by atoms with van der Waals surface area (Å²) in [4.78, 5) is 16.1. The number of nitrogens with one attached hydrogen (secondary N) is 1. The van der Waals surface area contributed by atoms with Crippen LogP contribution in [0.4, 0.5) is 0 Å². The van der Waals surface area contributed by atoms with Gasteiger partial charge in [-0.2, -0.15) is 5.10 Å². The summed E-state index contributed by atoms with van der Waals surface area (Å²) < 4.78 is 5.52. The van der Waals surface area contributed by atoms with Gasteiger partial charge in [-0.1, -0.05) is 18.2 Å². The van der Waals surface area contributed by atoms with Crippen molar-refractivity contribution in [3.05, 3.63) is 36.5 Å². The number of pyridine rings is 1. The summed E-state index contributed by atoms with van der Waals surface area (Å²) in [6.07, 6.45) is 2.06. The van der Waals surface area contributed by atoms with Crippen LogP contribution in [0.15, 0.2) is 41.6 Å². The largest absolute Gasteiger partial charge is 0.481 e. The van der Waals surface area contributed by atoms with E-state index in [0.29, 0.717) is 23.4 Å². The van der Waals surface area contributed by atoms with Crippen LogP contribution < -0.4 is 10.2 Å². The van der Waals surface area contributed by atoms with Crippen molar-refractivity contribution < 1.29 is 14.6 Å². The Morgan fingerprint density at radius 3 is 2.83 bits per heavy atom. The number of amides is 1. The van der Waals surface area contributed by atoms with E-state index >= 15 is 0 Å². The molecule has 0 aliphatic carbocycles. The van der Waals surface area contributed by atoms with Gasteiger partial charge in [0.1, 0.15) is 11.3 Å². The molecule has 6 nitrogen and oxygen atoms in total. The fourth-order valence-corrected chi connectivity index (χ4v) is 2.19. The molecule has 6 heteroatoms. The Morgan fingerprint density at radius 2 is 2.09 bits per heavy atom. The van der Waals surface area contributed by atoms with Crippen LogP contribution in [-0.4, -0.2) is 33.9 Å². The summed E-state index contributed by atoms with van der Waals surface area (Å²) in [7, 11) is 0. The molecule has 0 radical (unpaired) electrons. The first-order valence-corrected chi connectivity index (χ1v) is 7.36. The van der Waals surface area contributed by atoms with Gasteiger partial charge in [-0.25, -0.2) is 5.43 Å². The van der Waals surface area contributed by atoms with E-state index in [1.165, 1.54) is 0 Å². The van der Waals surface area contributed by atoms with E-state index in [9.17, 15) is 9.90 Å². The van der Waals surface area contributed by atoms with Gasteiger partial charge in [-0.05, 0) is 32.9 Å². The molecule has 0 spiro atoms. The molecule has 1 amide bonds. The molecule has 2 aromatic rings. The highest BCUT2D eigenvalue weighted by molar-refractivity contribution is 5.86. The van der Waals surface area contributed by atoms with Gasteiger partial charge < -0.3 is 9.84 Å². The maximum atomic E-state index is 11.8.